The lowest BCUT2D eigenvalue weighted by Crippen LogP contribution is -2.44. The second-order valence-electron chi connectivity index (χ2n) is 6.00. The fourth-order valence-electron chi connectivity index (χ4n) is 3.44. The highest BCUT2D eigenvalue weighted by molar-refractivity contribution is 9.10. The van der Waals surface area contributed by atoms with Gasteiger partial charge in [-0.2, -0.15) is 4.98 Å². The average molecular weight is 363 g/mol. The van der Waals surface area contributed by atoms with Crippen LogP contribution in [-0.4, -0.2) is 45.7 Å². The summed E-state index contributed by atoms with van der Waals surface area (Å²) in [5, 5.41) is 0. The molecular weight excluding hydrogens is 344 g/mol. The first-order valence-electron chi connectivity index (χ1n) is 7.78. The van der Waals surface area contributed by atoms with Gasteiger partial charge >= 0.3 is 0 Å². The Kier molecular flexibility index (Phi) is 3.52. The van der Waals surface area contributed by atoms with Gasteiger partial charge in [0.25, 0.3) is 0 Å². The Morgan fingerprint density at radius 1 is 1.18 bits per heavy atom. The topological polar surface area (TPSA) is 50.1 Å². The van der Waals surface area contributed by atoms with Crippen LogP contribution < -0.4 is 9.80 Å². The van der Waals surface area contributed by atoms with Crippen molar-refractivity contribution >= 4 is 27.4 Å². The molecule has 0 atom stereocenters. The van der Waals surface area contributed by atoms with Crippen LogP contribution in [0, 0.1) is 0 Å². The van der Waals surface area contributed by atoms with Crippen LogP contribution in [-0.2, 0) is 0 Å². The highest BCUT2D eigenvalue weighted by Crippen LogP contribution is 2.35. The number of nitrogens with zero attached hydrogens (tertiary/aromatic N) is 6. The van der Waals surface area contributed by atoms with E-state index in [2.05, 4.69) is 42.7 Å². The van der Waals surface area contributed by atoms with E-state index in [4.69, 9.17) is 4.98 Å². The van der Waals surface area contributed by atoms with Gasteiger partial charge in [0.15, 0.2) is 10.6 Å². The quantitative estimate of drug-likeness (QED) is 0.821. The third-order valence-corrected chi connectivity index (χ3v) is 5.26. The average Bonchev–Trinajstić information content (AvgIpc) is 3.19. The minimum absolute atomic E-state index is 0.626. The first-order valence-corrected chi connectivity index (χ1v) is 8.57. The Hall–Kier alpha value is -1.63. The van der Waals surface area contributed by atoms with Gasteiger partial charge in [-0.15, -0.1) is 0 Å². The van der Waals surface area contributed by atoms with E-state index >= 15 is 0 Å². The van der Waals surface area contributed by atoms with Crippen molar-refractivity contribution in [2.24, 2.45) is 0 Å². The molecule has 2 aliphatic rings. The maximum absolute atomic E-state index is 4.86. The molecule has 4 rings (SSSR count). The predicted octanol–water partition coefficient (Wildman–Crippen LogP) is 2.62. The fourth-order valence-corrected chi connectivity index (χ4v) is 3.84. The molecule has 6 nitrogen and oxygen atoms in total. The van der Waals surface area contributed by atoms with Gasteiger partial charge in [-0.3, -0.25) is 4.57 Å². The summed E-state index contributed by atoms with van der Waals surface area (Å²) in [6.07, 6.45) is 10.8. The number of likely N-dealkylation sites (N-methyl/N-ethyl adjacent to an activating group) is 1. The Bertz CT molecular complexity index is 678. The molecule has 2 aromatic heterocycles. The van der Waals surface area contributed by atoms with Crippen molar-refractivity contribution in [2.45, 2.75) is 31.7 Å². The molecule has 1 aliphatic heterocycles. The van der Waals surface area contributed by atoms with Crippen LogP contribution in [0.1, 0.15) is 25.7 Å². The van der Waals surface area contributed by atoms with E-state index in [1.165, 1.54) is 25.7 Å². The zero-order valence-corrected chi connectivity index (χ0v) is 14.2. The normalized spacial score (nSPS) is 18.8. The van der Waals surface area contributed by atoms with Crippen molar-refractivity contribution in [1.82, 2.24) is 19.5 Å². The standard InChI is InChI=1S/C15H19BrN6/c1-20-8-9-21(11-4-2-3-5-11)13-12(20)10-18-15(19-13)22-7-6-17-14(22)16/h6-7,10-11H,2-5,8-9H2,1H3. The molecule has 1 saturated carbocycles. The van der Waals surface area contributed by atoms with E-state index < -0.39 is 0 Å². The minimum atomic E-state index is 0.626. The molecule has 0 N–H and O–H groups in total. The second-order valence-corrected chi connectivity index (χ2v) is 6.71. The fraction of sp³-hybridized carbons (Fsp3) is 0.533. The second kappa shape index (κ2) is 5.53. The first kappa shape index (κ1) is 14.0. The van der Waals surface area contributed by atoms with Gasteiger partial charge < -0.3 is 9.80 Å². The molecule has 0 bridgehead atoms. The van der Waals surface area contributed by atoms with E-state index in [0.717, 1.165) is 29.3 Å². The SMILES string of the molecule is CN1CCN(C2CCCC2)c2nc(-n3ccnc3Br)ncc21. The number of fused-ring (bicyclic) bond motifs is 1. The zero-order valence-electron chi connectivity index (χ0n) is 12.6. The molecule has 0 spiro atoms. The van der Waals surface area contributed by atoms with Gasteiger partial charge in [-0.05, 0) is 28.8 Å². The van der Waals surface area contributed by atoms with E-state index in [1.54, 1.807) is 6.20 Å². The molecule has 22 heavy (non-hydrogen) atoms. The van der Waals surface area contributed by atoms with Crippen LogP contribution in [0.3, 0.4) is 0 Å². The van der Waals surface area contributed by atoms with Crippen LogP contribution >= 0.6 is 15.9 Å². The lowest BCUT2D eigenvalue weighted by molar-refractivity contribution is 0.582. The van der Waals surface area contributed by atoms with Crippen molar-refractivity contribution < 1.29 is 0 Å². The molecule has 0 aromatic carbocycles. The number of anilines is 2. The highest BCUT2D eigenvalue weighted by Gasteiger charge is 2.30. The molecule has 0 saturated heterocycles. The maximum Gasteiger partial charge on any atom is 0.237 e. The Labute approximate surface area is 138 Å². The maximum atomic E-state index is 4.86. The summed E-state index contributed by atoms with van der Waals surface area (Å²) in [5.41, 5.74) is 1.12. The number of halogens is 1. The van der Waals surface area contributed by atoms with Crippen LogP contribution in [0.2, 0.25) is 0 Å². The van der Waals surface area contributed by atoms with Crippen molar-refractivity contribution in [3.05, 3.63) is 23.3 Å². The number of hydrogen-bond acceptors (Lipinski definition) is 5. The third kappa shape index (κ3) is 2.27. The van der Waals surface area contributed by atoms with E-state index in [1.807, 2.05) is 17.0 Å². The van der Waals surface area contributed by atoms with Crippen molar-refractivity contribution in [1.29, 1.82) is 0 Å². The smallest absolute Gasteiger partial charge is 0.237 e. The van der Waals surface area contributed by atoms with Crippen molar-refractivity contribution in [3.63, 3.8) is 0 Å². The summed E-state index contributed by atoms with van der Waals surface area (Å²) in [6.45, 7) is 2.07. The van der Waals surface area contributed by atoms with E-state index in [9.17, 15) is 0 Å². The summed E-state index contributed by atoms with van der Waals surface area (Å²) in [5.74, 6) is 1.73. The van der Waals surface area contributed by atoms with Gasteiger partial charge in [0.2, 0.25) is 5.95 Å². The third-order valence-electron chi connectivity index (χ3n) is 4.67. The lowest BCUT2D eigenvalue weighted by atomic mass is 10.1. The van der Waals surface area contributed by atoms with Gasteiger partial charge in [-0.25, -0.2) is 9.97 Å². The van der Waals surface area contributed by atoms with Gasteiger partial charge in [-0.1, -0.05) is 12.8 Å². The summed E-state index contributed by atoms with van der Waals surface area (Å²) >= 11 is 3.44. The van der Waals surface area contributed by atoms with Crippen LogP contribution in [0.15, 0.2) is 23.3 Å². The van der Waals surface area contributed by atoms with E-state index in [0.29, 0.717) is 12.0 Å². The zero-order chi connectivity index (χ0) is 15.1. The molecule has 7 heteroatoms. The van der Waals surface area contributed by atoms with Gasteiger partial charge in [0.1, 0.15) is 0 Å². The molecule has 116 valence electrons. The van der Waals surface area contributed by atoms with Crippen LogP contribution in [0.25, 0.3) is 5.95 Å². The number of imidazole rings is 1. The highest BCUT2D eigenvalue weighted by atomic mass is 79.9. The Morgan fingerprint density at radius 2 is 2.00 bits per heavy atom. The first-order chi connectivity index (χ1) is 10.7. The number of aromatic nitrogens is 4. The molecule has 0 radical (unpaired) electrons. The molecule has 3 heterocycles. The molecule has 1 aliphatic carbocycles. The molecule has 2 aromatic rings. The van der Waals surface area contributed by atoms with Crippen LogP contribution in [0.4, 0.5) is 11.5 Å². The van der Waals surface area contributed by atoms with Crippen LogP contribution in [0.5, 0.6) is 0 Å². The van der Waals surface area contributed by atoms with Crippen molar-refractivity contribution in [2.75, 3.05) is 29.9 Å². The molecule has 1 fully saturated rings. The van der Waals surface area contributed by atoms with Crippen molar-refractivity contribution in [3.8, 4) is 5.95 Å². The Balaban J connectivity index is 1.77. The van der Waals surface area contributed by atoms with Gasteiger partial charge in [0, 0.05) is 38.6 Å². The monoisotopic (exact) mass is 362 g/mol. The lowest BCUT2D eigenvalue weighted by Gasteiger charge is -2.39. The predicted molar refractivity (Wildman–Crippen MR) is 89.7 cm³/mol. The number of rotatable bonds is 2. The van der Waals surface area contributed by atoms with Gasteiger partial charge in [0.05, 0.1) is 11.9 Å². The molecule has 0 amide bonds. The largest absolute Gasteiger partial charge is 0.369 e. The minimum Gasteiger partial charge on any atom is -0.369 e. The summed E-state index contributed by atoms with van der Waals surface area (Å²) in [6, 6.07) is 0.626. The number of hydrogen-bond donors (Lipinski definition) is 0. The Morgan fingerprint density at radius 3 is 2.73 bits per heavy atom. The summed E-state index contributed by atoms with van der Waals surface area (Å²) < 4.78 is 2.59. The summed E-state index contributed by atoms with van der Waals surface area (Å²) in [7, 11) is 2.11. The molecular formula is C15H19BrN6. The molecule has 0 unspecified atom stereocenters. The summed E-state index contributed by atoms with van der Waals surface area (Å²) in [4.78, 5) is 18.3. The van der Waals surface area contributed by atoms with E-state index in [-0.39, 0.29) is 0 Å².